The zero-order valence-electron chi connectivity index (χ0n) is 27.6. The summed E-state index contributed by atoms with van der Waals surface area (Å²) in [6.07, 6.45) is 5.86. The molecule has 2 aliphatic rings. The molecule has 3 heterocycles. The van der Waals surface area contributed by atoms with Crippen LogP contribution in [0.15, 0.2) is 43.0 Å². The number of benzene rings is 1. The molecule has 10 nitrogen and oxygen atoms in total. The van der Waals surface area contributed by atoms with Crippen LogP contribution in [0.4, 0.5) is 28.3 Å². The van der Waals surface area contributed by atoms with Crippen molar-refractivity contribution in [1.29, 1.82) is 0 Å². The third-order valence-electron chi connectivity index (χ3n) is 9.52. The van der Waals surface area contributed by atoms with Crippen LogP contribution >= 0.6 is 0 Å². The smallest absolute Gasteiger partial charge is 0.416 e. The molecule has 1 aliphatic carbocycles. The van der Waals surface area contributed by atoms with Gasteiger partial charge in [-0.2, -0.15) is 18.3 Å². The molecule has 0 N–H and O–H groups in total. The molecule has 0 spiro atoms. The number of aromatic nitrogens is 4. The maximum absolute atomic E-state index is 14.5. The van der Waals surface area contributed by atoms with E-state index in [-0.39, 0.29) is 54.2 Å². The van der Waals surface area contributed by atoms with Crippen molar-refractivity contribution in [2.75, 3.05) is 12.0 Å². The van der Waals surface area contributed by atoms with Gasteiger partial charge in [0, 0.05) is 61.4 Å². The largest absolute Gasteiger partial charge is 0.469 e. The van der Waals surface area contributed by atoms with E-state index in [1.165, 1.54) is 7.11 Å². The maximum Gasteiger partial charge on any atom is 0.416 e. The summed E-state index contributed by atoms with van der Waals surface area (Å²) in [5.41, 5.74) is 0.584. The molecule has 260 valence electrons. The summed E-state index contributed by atoms with van der Waals surface area (Å²) in [6, 6.07) is 1.80. The van der Waals surface area contributed by atoms with Crippen LogP contribution in [0.5, 0.6) is 0 Å². The van der Waals surface area contributed by atoms with E-state index in [1.807, 2.05) is 24.9 Å². The molecule has 1 aliphatic heterocycles. The highest BCUT2D eigenvalue weighted by atomic mass is 19.4. The fourth-order valence-corrected chi connectivity index (χ4v) is 6.97. The van der Waals surface area contributed by atoms with Crippen molar-refractivity contribution in [2.45, 2.75) is 102 Å². The molecule has 1 amide bonds. The quantitative estimate of drug-likeness (QED) is 0.178. The highest BCUT2D eigenvalue weighted by Crippen LogP contribution is 2.36. The molecule has 0 bridgehead atoms. The summed E-state index contributed by atoms with van der Waals surface area (Å²) in [7, 11) is 3.16. The van der Waals surface area contributed by atoms with E-state index in [4.69, 9.17) is 9.47 Å². The lowest BCUT2D eigenvalue weighted by Crippen LogP contribution is -2.57. The average molecular weight is 675 g/mol. The molecule has 48 heavy (non-hydrogen) atoms. The number of halogens is 4. The van der Waals surface area contributed by atoms with Gasteiger partial charge in [0.25, 0.3) is 0 Å². The van der Waals surface area contributed by atoms with Gasteiger partial charge in [0.2, 0.25) is 5.95 Å². The Labute approximate surface area is 277 Å². The Balaban J connectivity index is 1.40. The van der Waals surface area contributed by atoms with Gasteiger partial charge in [-0.05, 0) is 75.1 Å². The van der Waals surface area contributed by atoms with Gasteiger partial charge < -0.3 is 19.3 Å². The van der Waals surface area contributed by atoms with Crippen LogP contribution in [0.2, 0.25) is 0 Å². The molecule has 1 saturated heterocycles. The highest BCUT2D eigenvalue weighted by Gasteiger charge is 2.42. The van der Waals surface area contributed by atoms with Crippen molar-refractivity contribution < 1.29 is 36.6 Å². The fourth-order valence-electron chi connectivity index (χ4n) is 6.97. The number of piperidine rings is 1. The number of esters is 1. The van der Waals surface area contributed by atoms with Crippen LogP contribution in [-0.4, -0.2) is 68.1 Å². The third-order valence-corrected chi connectivity index (χ3v) is 9.52. The number of nitrogens with zero attached hydrogens (tertiary/aromatic N) is 6. The molecular formula is C34H42F4N6O4. The number of methoxy groups -OCH3 is 1. The average Bonchev–Trinajstić information content (AvgIpc) is 3.52. The Morgan fingerprint density at radius 2 is 1.60 bits per heavy atom. The van der Waals surface area contributed by atoms with Crippen LogP contribution in [0.3, 0.4) is 0 Å². The van der Waals surface area contributed by atoms with Crippen molar-refractivity contribution in [1.82, 2.24) is 24.6 Å². The Morgan fingerprint density at radius 3 is 2.15 bits per heavy atom. The van der Waals surface area contributed by atoms with Gasteiger partial charge in [-0.25, -0.2) is 19.2 Å². The number of alkyl halides is 3. The van der Waals surface area contributed by atoms with Crippen molar-refractivity contribution in [3.8, 4) is 11.1 Å². The second kappa shape index (κ2) is 14.9. The first-order chi connectivity index (χ1) is 22.9. The number of carbonyl (C=O) groups excluding carboxylic acids is 2. The zero-order valence-corrected chi connectivity index (χ0v) is 27.6. The number of amides is 1. The van der Waals surface area contributed by atoms with Gasteiger partial charge in [-0.15, -0.1) is 0 Å². The van der Waals surface area contributed by atoms with Crippen LogP contribution in [-0.2, 0) is 34.0 Å². The second-order valence-corrected chi connectivity index (χ2v) is 12.7. The number of rotatable bonds is 9. The van der Waals surface area contributed by atoms with E-state index in [1.54, 1.807) is 35.2 Å². The summed E-state index contributed by atoms with van der Waals surface area (Å²) < 4.78 is 67.9. The van der Waals surface area contributed by atoms with E-state index >= 15 is 0 Å². The molecule has 3 aromatic rings. The van der Waals surface area contributed by atoms with Gasteiger partial charge in [0.05, 0.1) is 24.8 Å². The number of likely N-dealkylation sites (tertiary alicyclic amines) is 1. The van der Waals surface area contributed by atoms with E-state index in [2.05, 4.69) is 15.1 Å². The predicted molar refractivity (Wildman–Crippen MR) is 169 cm³/mol. The molecule has 2 aromatic heterocycles. The van der Waals surface area contributed by atoms with Crippen LogP contribution in [0.25, 0.3) is 11.1 Å². The summed E-state index contributed by atoms with van der Waals surface area (Å²) >= 11 is 0. The predicted octanol–water partition coefficient (Wildman–Crippen LogP) is 6.93. The van der Waals surface area contributed by atoms with Crippen molar-refractivity contribution >= 4 is 18.0 Å². The Kier molecular flexibility index (Phi) is 10.9. The normalized spacial score (nSPS) is 23.1. The number of ether oxygens (including phenoxy) is 2. The van der Waals surface area contributed by atoms with Gasteiger partial charge in [-0.1, -0.05) is 13.8 Å². The Bertz CT molecular complexity index is 1540. The summed E-state index contributed by atoms with van der Waals surface area (Å²) in [5.74, 6) is -1.13. The lowest BCUT2D eigenvalue weighted by Gasteiger charge is -2.47. The fraction of sp³-hybridized carbons (Fsp3) is 0.559. The van der Waals surface area contributed by atoms with Gasteiger partial charge in [-0.3, -0.25) is 9.48 Å². The van der Waals surface area contributed by atoms with Crippen LogP contribution in [0.1, 0.15) is 76.3 Å². The number of carbonyl (C=O) groups is 2. The minimum absolute atomic E-state index is 0.0709. The number of anilines is 1. The summed E-state index contributed by atoms with van der Waals surface area (Å²) in [4.78, 5) is 38.5. The van der Waals surface area contributed by atoms with Crippen molar-refractivity contribution in [2.24, 2.45) is 13.0 Å². The van der Waals surface area contributed by atoms with E-state index in [9.17, 15) is 27.2 Å². The Morgan fingerprint density at radius 1 is 0.958 bits per heavy atom. The molecule has 2 fully saturated rings. The SMILES string of the molecule is CC[C@@H]1CC(N(Cc2cc(F)cc(C(F)(F)F)c2)c2ncc(-c3cnn(C)c3)cn2)C[C@H](CC)N1C(=O)OC1CCC(C(=O)OC)CC1. The first-order valence-electron chi connectivity index (χ1n) is 16.4. The van der Waals surface area contributed by atoms with Crippen molar-refractivity contribution in [3.63, 3.8) is 0 Å². The topological polar surface area (TPSA) is 103 Å². The van der Waals surface area contributed by atoms with E-state index < -0.39 is 23.7 Å². The highest BCUT2D eigenvalue weighted by molar-refractivity contribution is 5.72. The lowest BCUT2D eigenvalue weighted by molar-refractivity contribution is -0.147. The standard InChI is InChI=1S/C34H42F4N6O4/c1-5-27-14-29(15-28(6-2)44(27)33(46)48-30-9-7-22(8-10-30)31(45)47-4)43(19-21-11-25(34(36,37)38)13-26(35)12-21)32-39-16-23(17-40-32)24-18-41-42(3)20-24/h11-13,16-18,20,22,27-30H,5-10,14-15,19H2,1-4H3/t22?,27-,28+,29?,30?. The molecule has 1 aromatic carbocycles. The van der Waals surface area contributed by atoms with Gasteiger partial charge in [0.1, 0.15) is 11.9 Å². The molecule has 1 saturated carbocycles. The minimum Gasteiger partial charge on any atom is -0.469 e. The van der Waals surface area contributed by atoms with Gasteiger partial charge >= 0.3 is 18.2 Å². The van der Waals surface area contributed by atoms with Crippen LogP contribution < -0.4 is 4.90 Å². The van der Waals surface area contributed by atoms with E-state index in [0.29, 0.717) is 63.0 Å². The monoisotopic (exact) mass is 674 g/mol. The molecule has 14 heteroatoms. The zero-order chi connectivity index (χ0) is 34.6. The molecule has 5 rings (SSSR count). The first-order valence-corrected chi connectivity index (χ1v) is 16.4. The molecule has 3 atom stereocenters. The first kappa shape index (κ1) is 35.1. The van der Waals surface area contributed by atoms with Crippen molar-refractivity contribution in [3.05, 3.63) is 59.9 Å². The number of hydrogen-bond donors (Lipinski definition) is 0. The number of aryl methyl sites for hydroxylation is 1. The minimum atomic E-state index is -4.71. The lowest BCUT2D eigenvalue weighted by atomic mass is 9.87. The third kappa shape index (κ3) is 8.07. The molecular weight excluding hydrogens is 632 g/mol. The second-order valence-electron chi connectivity index (χ2n) is 12.7. The van der Waals surface area contributed by atoms with Crippen LogP contribution in [0, 0.1) is 11.7 Å². The maximum atomic E-state index is 14.5. The Hall–Kier alpha value is -4.23. The summed E-state index contributed by atoms with van der Waals surface area (Å²) in [5, 5.41) is 4.19. The van der Waals surface area contributed by atoms with E-state index in [0.717, 1.165) is 17.7 Å². The molecule has 0 radical (unpaired) electrons. The number of hydrogen-bond acceptors (Lipinski definition) is 8. The van der Waals surface area contributed by atoms with Gasteiger partial charge in [0.15, 0.2) is 0 Å². The summed E-state index contributed by atoms with van der Waals surface area (Å²) in [6.45, 7) is 3.89. The molecule has 1 unspecified atom stereocenters.